The second kappa shape index (κ2) is 8.74. The molecule has 0 aromatic carbocycles. The Balaban J connectivity index is 1.72. The molecule has 1 heterocycles. The van der Waals surface area contributed by atoms with Gasteiger partial charge in [-0.05, 0) is 38.8 Å². The first kappa shape index (κ1) is 16.8. The highest BCUT2D eigenvalue weighted by atomic mass is 16.2. The van der Waals surface area contributed by atoms with Gasteiger partial charge in [0.15, 0.2) is 0 Å². The predicted octanol–water partition coefficient (Wildman–Crippen LogP) is 2.24. The second-order valence-electron chi connectivity index (χ2n) is 6.63. The highest BCUT2D eigenvalue weighted by molar-refractivity contribution is 5.78. The first-order chi connectivity index (χ1) is 10.2. The number of hydrogen-bond acceptors (Lipinski definition) is 3. The maximum Gasteiger partial charge on any atom is 0.234 e. The summed E-state index contributed by atoms with van der Waals surface area (Å²) in [7, 11) is 0. The third-order valence-electron chi connectivity index (χ3n) is 5.24. The average molecular weight is 295 g/mol. The van der Waals surface area contributed by atoms with Crippen molar-refractivity contribution >= 4 is 5.91 Å². The van der Waals surface area contributed by atoms with Crippen LogP contribution in [0.4, 0.5) is 0 Å². The molecular formula is C17H33N3O. The van der Waals surface area contributed by atoms with Crippen LogP contribution in [0.15, 0.2) is 0 Å². The number of rotatable bonds is 6. The zero-order valence-electron chi connectivity index (χ0n) is 13.9. The summed E-state index contributed by atoms with van der Waals surface area (Å²) in [5.74, 6) is 0.234. The number of piperidine rings is 1. The van der Waals surface area contributed by atoms with Crippen molar-refractivity contribution in [2.45, 2.75) is 70.9 Å². The molecule has 1 amide bonds. The van der Waals surface area contributed by atoms with Crippen molar-refractivity contribution in [1.29, 1.82) is 0 Å². The van der Waals surface area contributed by atoms with Crippen LogP contribution in [-0.2, 0) is 4.79 Å². The number of nitrogens with zero attached hydrogens (tertiary/aromatic N) is 2. The molecule has 2 fully saturated rings. The zero-order valence-corrected chi connectivity index (χ0v) is 13.9. The lowest BCUT2D eigenvalue weighted by atomic mass is 9.94. The summed E-state index contributed by atoms with van der Waals surface area (Å²) in [6.07, 6.45) is 8.79. The van der Waals surface area contributed by atoms with Crippen molar-refractivity contribution in [3.05, 3.63) is 0 Å². The molecule has 122 valence electrons. The van der Waals surface area contributed by atoms with Gasteiger partial charge in [0.25, 0.3) is 0 Å². The van der Waals surface area contributed by atoms with E-state index in [1.54, 1.807) is 0 Å². The normalized spacial score (nSPS) is 22.6. The fourth-order valence-corrected chi connectivity index (χ4v) is 3.80. The smallest absolute Gasteiger partial charge is 0.234 e. The molecule has 0 aromatic heterocycles. The topological polar surface area (TPSA) is 35.6 Å². The molecule has 4 heteroatoms. The summed E-state index contributed by atoms with van der Waals surface area (Å²) in [5.41, 5.74) is 0. The van der Waals surface area contributed by atoms with Gasteiger partial charge in [-0.15, -0.1) is 0 Å². The minimum Gasteiger partial charge on any atom is -0.352 e. The number of hydrogen-bond donors (Lipinski definition) is 1. The van der Waals surface area contributed by atoms with Gasteiger partial charge in [-0.3, -0.25) is 9.69 Å². The number of carbonyl (C=O) groups is 1. The Morgan fingerprint density at radius 1 is 1.10 bits per heavy atom. The lowest BCUT2D eigenvalue weighted by molar-refractivity contribution is -0.124. The summed E-state index contributed by atoms with van der Waals surface area (Å²) in [6, 6.07) is 1.03. The minimum atomic E-state index is 0.234. The Kier molecular flexibility index (Phi) is 6.97. The molecule has 0 aromatic rings. The maximum atomic E-state index is 12.3. The van der Waals surface area contributed by atoms with Gasteiger partial charge >= 0.3 is 0 Å². The van der Waals surface area contributed by atoms with Crippen LogP contribution in [-0.4, -0.2) is 60.5 Å². The second-order valence-corrected chi connectivity index (χ2v) is 6.63. The van der Waals surface area contributed by atoms with Gasteiger partial charge in [0.1, 0.15) is 0 Å². The largest absolute Gasteiger partial charge is 0.352 e. The fourth-order valence-electron chi connectivity index (χ4n) is 3.80. The molecule has 1 saturated carbocycles. The zero-order chi connectivity index (χ0) is 15.1. The highest BCUT2D eigenvalue weighted by Gasteiger charge is 2.24. The van der Waals surface area contributed by atoms with Gasteiger partial charge in [-0.25, -0.2) is 0 Å². The molecular weight excluding hydrogens is 262 g/mol. The number of amides is 1. The van der Waals surface area contributed by atoms with E-state index in [4.69, 9.17) is 0 Å². The van der Waals surface area contributed by atoms with Crippen molar-refractivity contribution in [3.63, 3.8) is 0 Å². The van der Waals surface area contributed by atoms with Gasteiger partial charge < -0.3 is 10.2 Å². The summed E-state index contributed by atoms with van der Waals surface area (Å²) >= 11 is 0. The third kappa shape index (κ3) is 5.26. The Morgan fingerprint density at radius 2 is 1.76 bits per heavy atom. The molecule has 1 N–H and O–H groups in total. The minimum absolute atomic E-state index is 0.234. The van der Waals surface area contributed by atoms with E-state index in [0.29, 0.717) is 18.6 Å². The van der Waals surface area contributed by atoms with Crippen LogP contribution in [0.2, 0.25) is 0 Å². The SMILES string of the molecule is CCN1CCC(NC(=O)CN(CC)C2CCCCC2)CC1. The quantitative estimate of drug-likeness (QED) is 0.816. The van der Waals surface area contributed by atoms with Gasteiger partial charge in [-0.1, -0.05) is 33.1 Å². The fraction of sp³-hybridized carbons (Fsp3) is 0.941. The summed E-state index contributed by atoms with van der Waals surface area (Å²) in [4.78, 5) is 17.2. The molecule has 1 aliphatic carbocycles. The van der Waals surface area contributed by atoms with E-state index >= 15 is 0 Å². The van der Waals surface area contributed by atoms with Crippen LogP contribution in [0, 0.1) is 0 Å². The Morgan fingerprint density at radius 3 is 2.33 bits per heavy atom. The van der Waals surface area contributed by atoms with Gasteiger partial charge in [0.2, 0.25) is 5.91 Å². The number of nitrogens with one attached hydrogen (secondary N) is 1. The van der Waals surface area contributed by atoms with E-state index in [9.17, 15) is 4.79 Å². The van der Waals surface area contributed by atoms with Crippen molar-refractivity contribution in [1.82, 2.24) is 15.1 Å². The molecule has 4 nitrogen and oxygen atoms in total. The van der Waals surface area contributed by atoms with Crippen molar-refractivity contribution in [2.75, 3.05) is 32.7 Å². The maximum absolute atomic E-state index is 12.3. The summed E-state index contributed by atoms with van der Waals surface area (Å²) in [5, 5.41) is 3.26. The first-order valence-corrected chi connectivity index (χ1v) is 8.98. The number of carbonyl (C=O) groups excluding carboxylic acids is 1. The highest BCUT2D eigenvalue weighted by Crippen LogP contribution is 2.22. The van der Waals surface area contributed by atoms with Crippen LogP contribution >= 0.6 is 0 Å². The van der Waals surface area contributed by atoms with E-state index in [1.165, 1.54) is 32.1 Å². The van der Waals surface area contributed by atoms with Crippen molar-refractivity contribution < 1.29 is 4.79 Å². The van der Waals surface area contributed by atoms with E-state index in [-0.39, 0.29) is 5.91 Å². The van der Waals surface area contributed by atoms with Gasteiger partial charge in [0, 0.05) is 25.2 Å². The van der Waals surface area contributed by atoms with Crippen molar-refractivity contribution in [3.8, 4) is 0 Å². The predicted molar refractivity (Wildman–Crippen MR) is 87.4 cm³/mol. The van der Waals surface area contributed by atoms with E-state index in [2.05, 4.69) is 29.0 Å². The molecule has 0 bridgehead atoms. The first-order valence-electron chi connectivity index (χ1n) is 8.98. The Hall–Kier alpha value is -0.610. The van der Waals surface area contributed by atoms with Gasteiger partial charge in [-0.2, -0.15) is 0 Å². The Bertz CT molecular complexity index is 307. The molecule has 1 saturated heterocycles. The molecule has 0 atom stereocenters. The van der Waals surface area contributed by atoms with Crippen LogP contribution < -0.4 is 5.32 Å². The number of likely N-dealkylation sites (N-methyl/N-ethyl adjacent to an activating group) is 1. The number of likely N-dealkylation sites (tertiary alicyclic amines) is 1. The van der Waals surface area contributed by atoms with Crippen molar-refractivity contribution in [2.24, 2.45) is 0 Å². The molecule has 0 spiro atoms. The van der Waals surface area contributed by atoms with Crippen LogP contribution in [0.1, 0.15) is 58.8 Å². The Labute approximate surface area is 130 Å². The summed E-state index contributed by atoms with van der Waals surface area (Å²) < 4.78 is 0. The van der Waals surface area contributed by atoms with E-state index in [0.717, 1.165) is 39.0 Å². The van der Waals surface area contributed by atoms with Crippen LogP contribution in [0.25, 0.3) is 0 Å². The standard InChI is InChI=1S/C17H33N3O/c1-3-19-12-10-15(11-13-19)18-17(21)14-20(4-2)16-8-6-5-7-9-16/h15-16H,3-14H2,1-2H3,(H,18,21). The van der Waals surface area contributed by atoms with Crippen LogP contribution in [0.3, 0.4) is 0 Å². The third-order valence-corrected chi connectivity index (χ3v) is 5.24. The average Bonchev–Trinajstić information content (AvgIpc) is 2.54. The van der Waals surface area contributed by atoms with Gasteiger partial charge in [0.05, 0.1) is 6.54 Å². The molecule has 1 aliphatic heterocycles. The van der Waals surface area contributed by atoms with Crippen LogP contribution in [0.5, 0.6) is 0 Å². The molecule has 0 radical (unpaired) electrons. The van der Waals surface area contributed by atoms with E-state index < -0.39 is 0 Å². The lowest BCUT2D eigenvalue weighted by Gasteiger charge is -2.34. The molecule has 2 rings (SSSR count). The van der Waals surface area contributed by atoms with E-state index in [1.807, 2.05) is 0 Å². The lowest BCUT2D eigenvalue weighted by Crippen LogP contribution is -2.49. The summed E-state index contributed by atoms with van der Waals surface area (Å²) in [6.45, 7) is 9.36. The molecule has 2 aliphatic rings. The monoisotopic (exact) mass is 295 g/mol. The molecule has 0 unspecified atom stereocenters. The molecule has 21 heavy (non-hydrogen) atoms.